The predicted molar refractivity (Wildman–Crippen MR) is 183 cm³/mol. The second-order valence-corrected chi connectivity index (χ2v) is 13.8. The topological polar surface area (TPSA) is 98.0 Å². The lowest BCUT2D eigenvalue weighted by Gasteiger charge is -2.31. The van der Waals surface area contributed by atoms with Crippen LogP contribution < -0.4 is 4.90 Å². The van der Waals surface area contributed by atoms with Crippen molar-refractivity contribution in [2.75, 3.05) is 11.4 Å². The highest BCUT2D eigenvalue weighted by Gasteiger charge is 2.56. The number of allylic oxidation sites excluding steroid dienone is 1. The molecule has 4 aliphatic rings. The largest absolute Gasteiger partial charge is 0.271 e. The van der Waals surface area contributed by atoms with E-state index in [1.807, 2.05) is 50.3 Å². The summed E-state index contributed by atoms with van der Waals surface area (Å²) in [5.74, 6) is -1.52. The molecule has 3 heterocycles. The van der Waals surface area contributed by atoms with E-state index in [4.69, 9.17) is 51.5 Å². The summed E-state index contributed by atoms with van der Waals surface area (Å²) in [7, 11) is 0. The van der Waals surface area contributed by atoms with Gasteiger partial charge in [0.25, 0.3) is 17.7 Å². The van der Waals surface area contributed by atoms with Crippen LogP contribution in [0, 0.1) is 19.8 Å². The van der Waals surface area contributed by atoms with Crippen molar-refractivity contribution in [3.05, 3.63) is 103 Å². The lowest BCUT2D eigenvalue weighted by atomic mass is 9.77. The summed E-state index contributed by atoms with van der Waals surface area (Å²) >= 11 is 25.6. The third-order valence-electron chi connectivity index (χ3n) is 9.15. The van der Waals surface area contributed by atoms with Crippen molar-refractivity contribution in [2.24, 2.45) is 21.4 Å². The van der Waals surface area contributed by atoms with Crippen molar-refractivity contribution in [3.8, 4) is 0 Å². The Balaban J connectivity index is 1.22. The fourth-order valence-corrected chi connectivity index (χ4v) is 7.99. The number of nitrogens with zero attached hydrogens (tertiary/aromatic N) is 6. The molecule has 13 heteroatoms. The average Bonchev–Trinajstić information content (AvgIpc) is 3.69. The van der Waals surface area contributed by atoms with Gasteiger partial charge in [0, 0.05) is 26.0 Å². The first-order valence-corrected chi connectivity index (χ1v) is 16.7. The van der Waals surface area contributed by atoms with Gasteiger partial charge in [0.2, 0.25) is 0 Å². The van der Waals surface area contributed by atoms with Crippen LogP contribution in [0.3, 0.4) is 0 Å². The number of halogens is 4. The molecule has 3 aromatic rings. The normalized spacial score (nSPS) is 24.3. The summed E-state index contributed by atoms with van der Waals surface area (Å²) < 4.78 is 0. The Bertz CT molecular complexity index is 1920. The molecular formula is C34H28Cl4N6O3. The molecule has 240 valence electrons. The fourth-order valence-electron chi connectivity index (χ4n) is 7.01. The highest BCUT2D eigenvalue weighted by atomic mass is 35.5. The van der Waals surface area contributed by atoms with Crippen molar-refractivity contribution in [1.29, 1.82) is 0 Å². The van der Waals surface area contributed by atoms with Crippen LogP contribution in [-0.2, 0) is 14.4 Å². The number of rotatable bonds is 5. The van der Waals surface area contributed by atoms with Crippen LogP contribution in [0.25, 0.3) is 6.08 Å². The number of amides is 3. The van der Waals surface area contributed by atoms with Gasteiger partial charge in [-0.1, -0.05) is 82.0 Å². The lowest BCUT2D eigenvalue weighted by Crippen LogP contribution is -2.45. The summed E-state index contributed by atoms with van der Waals surface area (Å²) in [5.41, 5.74) is 5.32. The zero-order valence-corrected chi connectivity index (χ0v) is 28.4. The van der Waals surface area contributed by atoms with E-state index in [9.17, 15) is 14.4 Å². The maximum absolute atomic E-state index is 14.2. The van der Waals surface area contributed by atoms with Crippen molar-refractivity contribution in [1.82, 2.24) is 10.0 Å². The molecule has 2 fully saturated rings. The van der Waals surface area contributed by atoms with Crippen LogP contribution in [-0.4, -0.2) is 52.1 Å². The van der Waals surface area contributed by atoms with E-state index in [0.717, 1.165) is 47.2 Å². The molecule has 1 aliphatic carbocycles. The fraction of sp³-hybridized carbons (Fsp3) is 0.294. The zero-order valence-electron chi connectivity index (χ0n) is 25.3. The number of carbonyl (C=O) groups excluding carboxylic acids is 3. The van der Waals surface area contributed by atoms with Gasteiger partial charge in [-0.2, -0.15) is 10.2 Å². The van der Waals surface area contributed by atoms with Crippen molar-refractivity contribution in [3.63, 3.8) is 0 Å². The number of hydrazone groups is 1. The van der Waals surface area contributed by atoms with Crippen molar-refractivity contribution < 1.29 is 14.4 Å². The van der Waals surface area contributed by atoms with Gasteiger partial charge in [0.05, 0.1) is 17.4 Å². The minimum absolute atomic E-state index is 0.161. The second-order valence-electron chi connectivity index (χ2n) is 12.1. The summed E-state index contributed by atoms with van der Waals surface area (Å²) in [5, 5.41) is 17.8. The molecule has 1 saturated carbocycles. The first-order chi connectivity index (χ1) is 22.5. The minimum Gasteiger partial charge on any atom is -0.271 e. The van der Waals surface area contributed by atoms with Gasteiger partial charge < -0.3 is 0 Å². The number of carbonyl (C=O) groups is 3. The molecule has 9 nitrogen and oxygen atoms in total. The molecule has 0 unspecified atom stereocenters. The van der Waals surface area contributed by atoms with Gasteiger partial charge in [0.1, 0.15) is 6.54 Å². The number of aryl methyl sites for hydroxylation is 2. The molecule has 4 atom stereocenters. The number of hydrogen-bond donors (Lipinski definition) is 0. The number of benzene rings is 3. The van der Waals surface area contributed by atoms with Crippen LogP contribution in [0.15, 0.2) is 75.6 Å². The number of para-hydroxylation sites is 1. The Hall–Kier alpha value is -3.76. The highest BCUT2D eigenvalue weighted by molar-refractivity contribution is 6.36. The Morgan fingerprint density at radius 3 is 2.32 bits per heavy atom. The number of hydrogen-bond acceptors (Lipinski definition) is 7. The van der Waals surface area contributed by atoms with E-state index in [2.05, 4.69) is 10.3 Å². The summed E-state index contributed by atoms with van der Waals surface area (Å²) in [6.45, 7) is 3.37. The van der Waals surface area contributed by atoms with E-state index < -0.39 is 35.8 Å². The van der Waals surface area contributed by atoms with E-state index in [1.165, 1.54) is 14.9 Å². The molecule has 1 saturated heterocycles. The van der Waals surface area contributed by atoms with Gasteiger partial charge in [-0.3, -0.25) is 19.4 Å². The maximum atomic E-state index is 14.2. The first-order valence-electron chi connectivity index (χ1n) is 15.2. The molecule has 7 rings (SSSR count). The van der Waals surface area contributed by atoms with Gasteiger partial charge in [0.15, 0.2) is 12.1 Å². The molecule has 3 aliphatic heterocycles. The molecule has 47 heavy (non-hydrogen) atoms. The van der Waals surface area contributed by atoms with Crippen LogP contribution in [0.1, 0.15) is 47.6 Å². The second kappa shape index (κ2) is 12.4. The number of anilines is 1. The molecule has 0 N–H and O–H groups in total. The van der Waals surface area contributed by atoms with Gasteiger partial charge in [-0.15, -0.1) is 0 Å². The summed E-state index contributed by atoms with van der Waals surface area (Å²) in [6.07, 6.45) is 4.36. The Morgan fingerprint density at radius 2 is 1.62 bits per heavy atom. The Kier molecular flexibility index (Phi) is 8.37. The van der Waals surface area contributed by atoms with Crippen molar-refractivity contribution in [2.45, 2.75) is 51.2 Å². The molecule has 0 bridgehead atoms. The summed E-state index contributed by atoms with van der Waals surface area (Å²) in [4.78, 5) is 42.6. The van der Waals surface area contributed by atoms with E-state index in [1.54, 1.807) is 24.3 Å². The molecule has 0 spiro atoms. The SMILES string of the molecule is Cc1cccc(C)c1N1C(=O)[C@@H]2[C@@H](N=NN2CC(=O)N2N=C3/C(=C/c4ccc(Cl)cc4Cl)CCC[C@@H]3[C@H]2c2ccc(Cl)cc2Cl)C1=O. The minimum atomic E-state index is -1.04. The van der Waals surface area contributed by atoms with Crippen LogP contribution in [0.4, 0.5) is 5.69 Å². The van der Waals surface area contributed by atoms with Gasteiger partial charge in [-0.25, -0.2) is 9.91 Å². The Morgan fingerprint density at radius 1 is 0.915 bits per heavy atom. The van der Waals surface area contributed by atoms with E-state index in [0.29, 0.717) is 31.3 Å². The Labute approximate surface area is 291 Å². The monoisotopic (exact) mass is 708 g/mol. The van der Waals surface area contributed by atoms with Gasteiger partial charge >= 0.3 is 0 Å². The predicted octanol–water partition coefficient (Wildman–Crippen LogP) is 8.03. The van der Waals surface area contributed by atoms with Gasteiger partial charge in [-0.05, 0) is 91.3 Å². The third-order valence-corrected chi connectivity index (χ3v) is 10.3. The number of imide groups is 1. The van der Waals surface area contributed by atoms with E-state index >= 15 is 0 Å². The van der Waals surface area contributed by atoms with Crippen LogP contribution in [0.2, 0.25) is 20.1 Å². The zero-order chi connectivity index (χ0) is 33.1. The average molecular weight is 710 g/mol. The molecule has 0 aromatic heterocycles. The number of fused-ring (bicyclic) bond motifs is 2. The summed E-state index contributed by atoms with van der Waals surface area (Å²) in [6, 6.07) is 13.5. The highest BCUT2D eigenvalue weighted by Crippen LogP contribution is 2.47. The third kappa shape index (κ3) is 5.53. The maximum Gasteiger partial charge on any atom is 0.264 e. The molecule has 3 aromatic carbocycles. The lowest BCUT2D eigenvalue weighted by molar-refractivity contribution is -0.136. The van der Waals surface area contributed by atoms with E-state index in [-0.39, 0.29) is 12.5 Å². The van der Waals surface area contributed by atoms with Crippen LogP contribution >= 0.6 is 46.4 Å². The standard InChI is InChI=1S/C34H28Cl4N6O3/c1-17-5-3-6-18(2)30(17)43-33(46)29-32(34(43)47)42(41-39-29)16-27(45)44-31(23-12-11-22(36)15-26(23)38)24-8-4-7-20(28(24)40-44)13-19-9-10-21(35)14-25(19)37/h3,5-6,9-15,24,29,31-32H,4,7-8,16H2,1-2H3/b20-13+/t24-,29+,31+,32-/m0/s1. The quantitative estimate of drug-likeness (QED) is 0.251. The first kappa shape index (κ1) is 31.8. The van der Waals surface area contributed by atoms with Crippen LogP contribution in [0.5, 0.6) is 0 Å². The van der Waals surface area contributed by atoms with Crippen molar-refractivity contribution >= 4 is 81.6 Å². The molecular weight excluding hydrogens is 682 g/mol. The smallest absolute Gasteiger partial charge is 0.264 e. The molecule has 3 amide bonds. The molecule has 0 radical (unpaired) electrons.